The first-order valence-electron chi connectivity index (χ1n) is 7.06. The molecule has 2 heterocycles. The fourth-order valence-electron chi connectivity index (χ4n) is 2.18. The van der Waals surface area contributed by atoms with Crippen LogP contribution in [0.3, 0.4) is 0 Å². The first kappa shape index (κ1) is 14.4. The molecule has 108 valence electrons. The minimum absolute atomic E-state index is 0.932. The molecule has 1 N–H and O–H groups in total. The first-order valence-corrected chi connectivity index (χ1v) is 8.82. The third kappa shape index (κ3) is 4.00. The monoisotopic (exact) mass is 314 g/mol. The Morgan fingerprint density at radius 3 is 2.67 bits per heavy atom. The molecular formula is C17H18N2S2. The molecule has 3 rings (SSSR count). The number of hydrogen-bond acceptors (Lipinski definition) is 4. The molecule has 21 heavy (non-hydrogen) atoms. The summed E-state index contributed by atoms with van der Waals surface area (Å²) >= 11 is 3.57. The van der Waals surface area contributed by atoms with Crippen molar-refractivity contribution in [2.75, 3.05) is 6.54 Å². The Hall–Kier alpha value is -1.49. The fourth-order valence-corrected chi connectivity index (χ4v) is 3.82. The van der Waals surface area contributed by atoms with E-state index in [0.29, 0.717) is 0 Å². The van der Waals surface area contributed by atoms with Gasteiger partial charge in [0.1, 0.15) is 0 Å². The molecule has 0 radical (unpaired) electrons. The average molecular weight is 314 g/mol. The predicted octanol–water partition coefficient (Wildman–Crippen LogP) is 4.51. The van der Waals surface area contributed by atoms with Gasteiger partial charge in [-0.3, -0.25) is 0 Å². The molecule has 0 saturated carbocycles. The van der Waals surface area contributed by atoms with Crippen LogP contribution in [0.5, 0.6) is 0 Å². The second-order valence-corrected chi connectivity index (χ2v) is 6.92. The smallest absolute Gasteiger partial charge is 0.0940 e. The summed E-state index contributed by atoms with van der Waals surface area (Å²) in [5.41, 5.74) is 3.73. The molecule has 3 aromatic rings. The van der Waals surface area contributed by atoms with Gasteiger partial charge in [-0.1, -0.05) is 30.3 Å². The van der Waals surface area contributed by atoms with Crippen molar-refractivity contribution in [1.82, 2.24) is 10.3 Å². The summed E-state index contributed by atoms with van der Waals surface area (Å²) in [5.74, 6) is 0. The molecule has 1 aromatic carbocycles. The molecule has 0 saturated heterocycles. The Kier molecular flexibility index (Phi) is 4.80. The quantitative estimate of drug-likeness (QED) is 0.677. The molecule has 4 heteroatoms. The maximum atomic E-state index is 4.48. The van der Waals surface area contributed by atoms with Gasteiger partial charge in [0.15, 0.2) is 0 Å². The van der Waals surface area contributed by atoms with Gasteiger partial charge in [-0.2, -0.15) is 0 Å². The minimum atomic E-state index is 0.932. The maximum Gasteiger partial charge on any atom is 0.0940 e. The topological polar surface area (TPSA) is 24.9 Å². The fraction of sp³-hybridized carbons (Fsp3) is 0.235. The number of rotatable bonds is 6. The van der Waals surface area contributed by atoms with Crippen LogP contribution in [0.4, 0.5) is 0 Å². The van der Waals surface area contributed by atoms with Crippen molar-refractivity contribution < 1.29 is 0 Å². The number of hydrogen-bond donors (Lipinski definition) is 1. The minimum Gasteiger partial charge on any atom is -0.311 e. The molecule has 0 fully saturated rings. The Morgan fingerprint density at radius 1 is 1.05 bits per heavy atom. The van der Waals surface area contributed by atoms with E-state index in [1.165, 1.54) is 21.0 Å². The van der Waals surface area contributed by atoms with Crippen molar-refractivity contribution in [1.29, 1.82) is 0 Å². The normalized spacial score (nSPS) is 10.9. The molecule has 0 bridgehead atoms. The van der Waals surface area contributed by atoms with Gasteiger partial charge in [0.25, 0.3) is 0 Å². The van der Waals surface area contributed by atoms with Gasteiger partial charge in [-0.15, -0.1) is 22.7 Å². The third-order valence-corrected chi connectivity index (χ3v) is 5.21. The molecular weight excluding hydrogens is 296 g/mol. The van der Waals surface area contributed by atoms with Crippen LogP contribution in [-0.4, -0.2) is 11.5 Å². The van der Waals surface area contributed by atoms with Crippen molar-refractivity contribution in [3.8, 4) is 11.1 Å². The standard InChI is InChI=1S/C17H18N2S2/c1-13-11-21-17(19-13)7-8-18-10-16-9-15(12-20-16)14-5-3-2-4-6-14/h2-6,9,11-12,18H,7-8,10H2,1H3. The van der Waals surface area contributed by atoms with E-state index < -0.39 is 0 Å². The van der Waals surface area contributed by atoms with Crippen molar-refractivity contribution in [2.24, 2.45) is 0 Å². The largest absolute Gasteiger partial charge is 0.311 e. The van der Waals surface area contributed by atoms with Gasteiger partial charge in [-0.05, 0) is 29.5 Å². The van der Waals surface area contributed by atoms with E-state index in [9.17, 15) is 0 Å². The van der Waals surface area contributed by atoms with E-state index in [4.69, 9.17) is 0 Å². The molecule has 0 atom stereocenters. The summed E-state index contributed by atoms with van der Waals surface area (Å²) in [4.78, 5) is 5.86. The van der Waals surface area contributed by atoms with Gasteiger partial charge in [0, 0.05) is 35.5 Å². The van der Waals surface area contributed by atoms with E-state index >= 15 is 0 Å². The number of nitrogens with zero attached hydrogens (tertiary/aromatic N) is 1. The molecule has 0 aliphatic rings. The summed E-state index contributed by atoms with van der Waals surface area (Å²) < 4.78 is 0. The van der Waals surface area contributed by atoms with Gasteiger partial charge < -0.3 is 5.32 Å². The number of benzene rings is 1. The van der Waals surface area contributed by atoms with Crippen LogP contribution in [0.1, 0.15) is 15.6 Å². The van der Waals surface area contributed by atoms with E-state index in [2.05, 4.69) is 57.5 Å². The SMILES string of the molecule is Cc1csc(CCNCc2cc(-c3ccccc3)cs2)n1. The van der Waals surface area contributed by atoms with E-state index in [1.807, 2.05) is 18.3 Å². The van der Waals surface area contributed by atoms with E-state index in [0.717, 1.165) is 25.2 Å². The lowest BCUT2D eigenvalue weighted by atomic mass is 10.1. The van der Waals surface area contributed by atoms with Crippen molar-refractivity contribution in [2.45, 2.75) is 19.9 Å². The molecule has 0 aliphatic carbocycles. The lowest BCUT2D eigenvalue weighted by Crippen LogP contribution is -2.15. The first-order chi connectivity index (χ1) is 10.3. The predicted molar refractivity (Wildman–Crippen MR) is 92.0 cm³/mol. The van der Waals surface area contributed by atoms with Crippen LogP contribution in [0, 0.1) is 6.92 Å². The maximum absolute atomic E-state index is 4.48. The lowest BCUT2D eigenvalue weighted by molar-refractivity contribution is 0.691. The molecule has 2 nitrogen and oxygen atoms in total. The highest BCUT2D eigenvalue weighted by atomic mass is 32.1. The summed E-state index contributed by atoms with van der Waals surface area (Å²) in [5, 5.41) is 9.06. The number of aryl methyl sites for hydroxylation is 1. The Labute approximate surface area is 133 Å². The second kappa shape index (κ2) is 6.98. The molecule has 0 spiro atoms. The van der Waals surface area contributed by atoms with Gasteiger partial charge in [0.05, 0.1) is 5.01 Å². The zero-order valence-corrected chi connectivity index (χ0v) is 13.6. The van der Waals surface area contributed by atoms with Crippen molar-refractivity contribution in [3.05, 3.63) is 62.7 Å². The number of aromatic nitrogens is 1. The summed E-state index contributed by atoms with van der Waals surface area (Å²) in [6.45, 7) is 3.96. The van der Waals surface area contributed by atoms with Crippen LogP contribution in [0.25, 0.3) is 11.1 Å². The summed E-state index contributed by atoms with van der Waals surface area (Å²) in [6.07, 6.45) is 1.01. The Bertz CT molecular complexity index is 686. The number of nitrogens with one attached hydrogen (secondary N) is 1. The van der Waals surface area contributed by atoms with Gasteiger partial charge in [0.2, 0.25) is 0 Å². The van der Waals surface area contributed by atoms with Crippen LogP contribution >= 0.6 is 22.7 Å². The van der Waals surface area contributed by atoms with Crippen LogP contribution in [-0.2, 0) is 13.0 Å². The second-order valence-electron chi connectivity index (χ2n) is 4.98. The molecule has 0 amide bonds. The number of thiazole rings is 1. The van der Waals surface area contributed by atoms with E-state index in [-0.39, 0.29) is 0 Å². The average Bonchev–Trinajstić information content (AvgIpc) is 3.14. The third-order valence-electron chi connectivity index (χ3n) is 3.24. The van der Waals surface area contributed by atoms with Gasteiger partial charge >= 0.3 is 0 Å². The summed E-state index contributed by atoms with van der Waals surface area (Å²) in [7, 11) is 0. The lowest BCUT2D eigenvalue weighted by Gasteiger charge is -2.01. The number of thiophene rings is 1. The highest BCUT2D eigenvalue weighted by Crippen LogP contribution is 2.25. The van der Waals surface area contributed by atoms with Gasteiger partial charge in [-0.25, -0.2) is 4.98 Å². The Morgan fingerprint density at radius 2 is 1.90 bits per heavy atom. The van der Waals surface area contributed by atoms with Crippen LogP contribution < -0.4 is 5.32 Å². The van der Waals surface area contributed by atoms with Crippen molar-refractivity contribution >= 4 is 22.7 Å². The molecule has 0 unspecified atom stereocenters. The highest BCUT2D eigenvalue weighted by molar-refractivity contribution is 7.10. The molecule has 2 aromatic heterocycles. The van der Waals surface area contributed by atoms with Crippen molar-refractivity contribution in [3.63, 3.8) is 0 Å². The van der Waals surface area contributed by atoms with E-state index in [1.54, 1.807) is 11.3 Å². The van der Waals surface area contributed by atoms with Crippen LogP contribution in [0.15, 0.2) is 47.2 Å². The zero-order valence-electron chi connectivity index (χ0n) is 12.0. The van der Waals surface area contributed by atoms with Crippen LogP contribution in [0.2, 0.25) is 0 Å². The highest BCUT2D eigenvalue weighted by Gasteiger charge is 2.02. The molecule has 0 aliphatic heterocycles. The summed E-state index contributed by atoms with van der Waals surface area (Å²) in [6, 6.07) is 12.8. The Balaban J connectivity index is 1.49. The zero-order chi connectivity index (χ0) is 14.5.